The van der Waals surface area contributed by atoms with Crippen molar-refractivity contribution in [2.45, 2.75) is 25.4 Å². The summed E-state index contributed by atoms with van der Waals surface area (Å²) in [7, 11) is 0. The molecule has 2 amide bonds. The number of amides is 2. The van der Waals surface area contributed by atoms with Crippen molar-refractivity contribution in [2.75, 3.05) is 11.9 Å². The molecule has 1 aromatic heterocycles. The van der Waals surface area contributed by atoms with Crippen LogP contribution in [0.15, 0.2) is 47.4 Å². The number of nitrogens with one attached hydrogen (secondary N) is 2. The minimum atomic E-state index is -0.313. The van der Waals surface area contributed by atoms with Gasteiger partial charge in [-0.2, -0.15) is 0 Å². The summed E-state index contributed by atoms with van der Waals surface area (Å²) in [5.41, 5.74) is 7.16. The summed E-state index contributed by atoms with van der Waals surface area (Å²) in [5.74, 6) is -0.621. The predicted octanol–water partition coefficient (Wildman–Crippen LogP) is 1.08. The maximum Gasteiger partial charge on any atom is 0.257 e. The van der Waals surface area contributed by atoms with Gasteiger partial charge in [-0.05, 0) is 37.1 Å². The van der Waals surface area contributed by atoms with Crippen LogP contribution >= 0.6 is 0 Å². The molecule has 1 aliphatic heterocycles. The zero-order valence-electron chi connectivity index (χ0n) is 13.7. The number of primary amides is 1. The molecule has 3 rings (SSSR count). The number of aromatic amines is 1. The number of aromatic nitrogens is 1. The Morgan fingerprint density at radius 2 is 2.04 bits per heavy atom. The largest absolute Gasteiger partial charge is 0.368 e. The Hall–Kier alpha value is -2.93. The molecule has 0 radical (unpaired) electrons. The molecule has 1 atom stereocenters. The summed E-state index contributed by atoms with van der Waals surface area (Å²) in [6.45, 7) is 1.34. The van der Waals surface area contributed by atoms with Gasteiger partial charge < -0.3 is 16.0 Å². The third kappa shape index (κ3) is 3.95. The van der Waals surface area contributed by atoms with E-state index in [2.05, 4.69) is 10.3 Å². The number of hydrogen-bond acceptors (Lipinski definition) is 4. The van der Waals surface area contributed by atoms with Crippen molar-refractivity contribution in [3.63, 3.8) is 0 Å². The summed E-state index contributed by atoms with van der Waals surface area (Å²) in [5, 5.41) is 2.86. The van der Waals surface area contributed by atoms with E-state index in [4.69, 9.17) is 5.73 Å². The lowest BCUT2D eigenvalue weighted by atomic mass is 10.1. The number of rotatable bonds is 5. The smallest absolute Gasteiger partial charge is 0.257 e. The van der Waals surface area contributed by atoms with Crippen molar-refractivity contribution >= 4 is 17.5 Å². The fourth-order valence-electron chi connectivity index (χ4n) is 3.08. The molecule has 2 aromatic rings. The number of anilines is 1. The van der Waals surface area contributed by atoms with Crippen LogP contribution in [0, 0.1) is 0 Å². The van der Waals surface area contributed by atoms with Gasteiger partial charge >= 0.3 is 0 Å². The molecule has 0 unspecified atom stereocenters. The van der Waals surface area contributed by atoms with Crippen molar-refractivity contribution in [1.29, 1.82) is 0 Å². The first-order valence-electron chi connectivity index (χ1n) is 8.16. The van der Waals surface area contributed by atoms with Crippen LogP contribution in [-0.4, -0.2) is 34.3 Å². The van der Waals surface area contributed by atoms with Crippen LogP contribution in [0.25, 0.3) is 0 Å². The van der Waals surface area contributed by atoms with Gasteiger partial charge in [0.15, 0.2) is 0 Å². The molecule has 0 saturated carbocycles. The van der Waals surface area contributed by atoms with Crippen molar-refractivity contribution in [2.24, 2.45) is 5.73 Å². The Balaban J connectivity index is 1.77. The lowest BCUT2D eigenvalue weighted by molar-refractivity contribution is -0.122. The van der Waals surface area contributed by atoms with Gasteiger partial charge in [0.2, 0.25) is 11.5 Å². The Kier molecular flexibility index (Phi) is 4.95. The number of pyridine rings is 1. The Labute approximate surface area is 144 Å². The quantitative estimate of drug-likeness (QED) is 0.756. The molecule has 130 valence electrons. The van der Waals surface area contributed by atoms with Crippen LogP contribution in [0.4, 0.5) is 5.69 Å². The van der Waals surface area contributed by atoms with Gasteiger partial charge in [-0.25, -0.2) is 0 Å². The Morgan fingerprint density at radius 1 is 1.24 bits per heavy atom. The van der Waals surface area contributed by atoms with Gasteiger partial charge in [0, 0.05) is 24.5 Å². The molecular weight excluding hydrogens is 320 g/mol. The van der Waals surface area contributed by atoms with Gasteiger partial charge in [0.1, 0.15) is 0 Å². The third-order valence-corrected chi connectivity index (χ3v) is 4.38. The summed E-state index contributed by atoms with van der Waals surface area (Å²) in [4.78, 5) is 39.5. The number of likely N-dealkylation sites (tertiary alicyclic amines) is 1. The molecule has 7 nitrogen and oxygen atoms in total. The van der Waals surface area contributed by atoms with Crippen molar-refractivity contribution < 1.29 is 9.59 Å². The maximum absolute atomic E-state index is 12.4. The van der Waals surface area contributed by atoms with Crippen LogP contribution in [0.2, 0.25) is 0 Å². The monoisotopic (exact) mass is 340 g/mol. The fraction of sp³-hybridized carbons (Fsp3) is 0.278. The van der Waals surface area contributed by atoms with E-state index < -0.39 is 0 Å². The van der Waals surface area contributed by atoms with E-state index in [-0.39, 0.29) is 23.4 Å². The molecule has 25 heavy (non-hydrogen) atoms. The normalized spacial score (nSPS) is 17.4. The number of nitrogens with two attached hydrogens (primary N) is 1. The molecule has 0 bridgehead atoms. The molecule has 1 fully saturated rings. The van der Waals surface area contributed by atoms with Gasteiger partial charge in [0.25, 0.3) is 5.91 Å². The SMILES string of the molecule is NC(=O)[C@H]1CCCN1Cc1ccccc1NC(=O)c1ccc(=O)[nH]c1. The van der Waals surface area contributed by atoms with Crippen LogP contribution < -0.4 is 16.6 Å². The third-order valence-electron chi connectivity index (χ3n) is 4.38. The van der Waals surface area contributed by atoms with Crippen LogP contribution in [0.3, 0.4) is 0 Å². The second-order valence-corrected chi connectivity index (χ2v) is 6.08. The molecule has 4 N–H and O–H groups in total. The van der Waals surface area contributed by atoms with Gasteiger partial charge in [-0.15, -0.1) is 0 Å². The zero-order valence-corrected chi connectivity index (χ0v) is 13.7. The van der Waals surface area contributed by atoms with E-state index in [0.29, 0.717) is 17.8 Å². The molecule has 0 aliphatic carbocycles. The maximum atomic E-state index is 12.4. The lowest BCUT2D eigenvalue weighted by Gasteiger charge is -2.23. The van der Waals surface area contributed by atoms with Gasteiger partial charge in [0.05, 0.1) is 11.6 Å². The van der Waals surface area contributed by atoms with E-state index in [1.54, 1.807) is 0 Å². The number of H-pyrrole nitrogens is 1. The molecule has 1 aliphatic rings. The highest BCUT2D eigenvalue weighted by atomic mass is 16.2. The topological polar surface area (TPSA) is 108 Å². The summed E-state index contributed by atoms with van der Waals surface area (Å²) in [6, 6.07) is 9.97. The first-order chi connectivity index (χ1) is 12.0. The van der Waals surface area contributed by atoms with Crippen LogP contribution in [-0.2, 0) is 11.3 Å². The second kappa shape index (κ2) is 7.31. The average molecular weight is 340 g/mol. The molecular formula is C18H20N4O3. The molecule has 0 spiro atoms. The first-order valence-corrected chi connectivity index (χ1v) is 8.16. The number of benzene rings is 1. The molecule has 7 heteroatoms. The van der Waals surface area contributed by atoms with Crippen molar-refractivity contribution in [1.82, 2.24) is 9.88 Å². The van der Waals surface area contributed by atoms with Gasteiger partial charge in [-0.1, -0.05) is 18.2 Å². The van der Waals surface area contributed by atoms with Crippen molar-refractivity contribution in [3.05, 3.63) is 64.1 Å². The first kappa shape index (κ1) is 16.9. The van der Waals surface area contributed by atoms with E-state index in [1.165, 1.54) is 18.3 Å². The molecule has 1 saturated heterocycles. The lowest BCUT2D eigenvalue weighted by Crippen LogP contribution is -2.39. The summed E-state index contributed by atoms with van der Waals surface area (Å²) < 4.78 is 0. The Bertz CT molecular complexity index is 826. The van der Waals surface area contributed by atoms with Crippen LogP contribution in [0.5, 0.6) is 0 Å². The standard InChI is InChI=1S/C18H20N4O3/c19-17(24)15-6-3-9-22(15)11-13-4-1-2-5-14(13)21-18(25)12-7-8-16(23)20-10-12/h1-2,4-5,7-8,10,15H,3,6,9,11H2,(H2,19,24)(H,20,23)(H,21,25)/t15-/m1/s1. The van der Waals surface area contributed by atoms with E-state index in [0.717, 1.165) is 24.9 Å². The zero-order chi connectivity index (χ0) is 17.8. The highest BCUT2D eigenvalue weighted by molar-refractivity contribution is 6.04. The average Bonchev–Trinajstić information content (AvgIpc) is 3.05. The predicted molar refractivity (Wildman–Crippen MR) is 94.1 cm³/mol. The van der Waals surface area contributed by atoms with Crippen molar-refractivity contribution in [3.8, 4) is 0 Å². The van der Waals surface area contributed by atoms with E-state index in [9.17, 15) is 14.4 Å². The summed E-state index contributed by atoms with van der Waals surface area (Å²) in [6.07, 6.45) is 3.07. The minimum absolute atomic E-state index is 0.261. The highest BCUT2D eigenvalue weighted by Crippen LogP contribution is 2.24. The molecule has 1 aromatic carbocycles. The number of nitrogens with zero attached hydrogens (tertiary/aromatic N) is 1. The second-order valence-electron chi connectivity index (χ2n) is 6.08. The number of para-hydroxylation sites is 1. The molecule has 2 heterocycles. The van der Waals surface area contributed by atoms with E-state index >= 15 is 0 Å². The minimum Gasteiger partial charge on any atom is -0.368 e. The number of hydrogen-bond donors (Lipinski definition) is 3. The number of carbonyl (C=O) groups excluding carboxylic acids is 2. The Morgan fingerprint density at radius 3 is 2.76 bits per heavy atom. The fourth-order valence-corrected chi connectivity index (χ4v) is 3.08. The van der Waals surface area contributed by atoms with Gasteiger partial charge in [-0.3, -0.25) is 19.3 Å². The van der Waals surface area contributed by atoms with Crippen LogP contribution in [0.1, 0.15) is 28.8 Å². The summed E-state index contributed by atoms with van der Waals surface area (Å²) >= 11 is 0. The number of carbonyl (C=O) groups is 2. The highest BCUT2D eigenvalue weighted by Gasteiger charge is 2.29. The van der Waals surface area contributed by atoms with E-state index in [1.807, 2.05) is 29.2 Å².